The number of fused-ring (bicyclic) bond motifs is 1. The van der Waals surface area contributed by atoms with Gasteiger partial charge in [-0.25, -0.2) is 9.18 Å². The average molecular weight is 503 g/mol. The number of rotatable bonds is 6. The lowest BCUT2D eigenvalue weighted by Gasteiger charge is -2.17. The van der Waals surface area contributed by atoms with E-state index >= 15 is 0 Å². The van der Waals surface area contributed by atoms with Crippen molar-refractivity contribution >= 4 is 28.4 Å². The molecule has 1 N–H and O–H groups in total. The summed E-state index contributed by atoms with van der Waals surface area (Å²) in [5, 5.41) is 10.4. The van der Waals surface area contributed by atoms with Crippen LogP contribution in [0.1, 0.15) is 29.2 Å². The van der Waals surface area contributed by atoms with Crippen molar-refractivity contribution in [3.8, 4) is 0 Å². The quantitative estimate of drug-likeness (QED) is 0.150. The highest BCUT2D eigenvalue weighted by Gasteiger charge is 2.38. The van der Waals surface area contributed by atoms with Crippen molar-refractivity contribution in [2.45, 2.75) is 25.8 Å². The molecule has 3 rings (SSSR count). The third-order valence-electron chi connectivity index (χ3n) is 4.95. The Morgan fingerprint density at radius 2 is 1.71 bits per heavy atom. The second-order valence-electron chi connectivity index (χ2n) is 7.31. The molecule has 1 aromatic heterocycles. The molecule has 0 aliphatic carbocycles. The van der Waals surface area contributed by atoms with Gasteiger partial charge in [-0.05, 0) is 42.8 Å². The lowest BCUT2D eigenvalue weighted by molar-refractivity contribution is -0.151. The summed E-state index contributed by atoms with van der Waals surface area (Å²) in [5.41, 5.74) is -3.61. The Morgan fingerprint density at radius 1 is 1.03 bits per heavy atom. The molecule has 5 nitrogen and oxygen atoms in total. The number of ether oxygens (including phenoxy) is 1. The Bertz CT molecular complexity index is 1320. The number of hydrogen-bond acceptors (Lipinski definition) is 4. The summed E-state index contributed by atoms with van der Waals surface area (Å²) in [4.78, 5) is 23.4. The van der Waals surface area contributed by atoms with Crippen molar-refractivity contribution in [1.29, 1.82) is 0 Å². The fraction of sp³-hybridized carbons (Fsp3) is 0.217. The fourth-order valence-electron chi connectivity index (χ4n) is 3.41. The van der Waals surface area contributed by atoms with Gasteiger partial charge in [0.1, 0.15) is 11.6 Å². The van der Waals surface area contributed by atoms with E-state index in [2.05, 4.69) is 4.74 Å². The molecule has 0 spiro atoms. The summed E-state index contributed by atoms with van der Waals surface area (Å²) in [6.07, 6.45) is -8.50. The molecule has 12 heteroatoms. The van der Waals surface area contributed by atoms with E-state index in [1.165, 1.54) is 13.0 Å². The zero-order valence-corrected chi connectivity index (χ0v) is 17.8. The van der Waals surface area contributed by atoms with Crippen LogP contribution in [0.15, 0.2) is 48.7 Å². The van der Waals surface area contributed by atoms with E-state index in [0.29, 0.717) is 18.2 Å². The van der Waals surface area contributed by atoms with E-state index < -0.39 is 58.9 Å². The topological polar surface area (TPSA) is 68.5 Å². The predicted octanol–water partition coefficient (Wildman–Crippen LogP) is 5.90. The number of nitrogens with zero attached hydrogens (tertiary/aromatic N) is 1. The van der Waals surface area contributed by atoms with Crippen LogP contribution in [0.5, 0.6) is 0 Å². The van der Waals surface area contributed by atoms with E-state index in [1.54, 1.807) is 0 Å². The van der Waals surface area contributed by atoms with Crippen LogP contribution in [0.25, 0.3) is 16.7 Å². The third-order valence-corrected chi connectivity index (χ3v) is 4.95. The number of aliphatic hydroxyl groups is 1. The van der Waals surface area contributed by atoms with E-state index in [-0.39, 0.29) is 29.1 Å². The van der Waals surface area contributed by atoms with E-state index in [0.717, 1.165) is 22.9 Å². The Labute approximate surface area is 193 Å². The summed E-state index contributed by atoms with van der Waals surface area (Å²) < 4.78 is 99.0. The lowest BCUT2D eigenvalue weighted by atomic mass is 10.0. The van der Waals surface area contributed by atoms with Gasteiger partial charge < -0.3 is 14.4 Å². The molecule has 0 unspecified atom stereocenters. The van der Waals surface area contributed by atoms with Crippen LogP contribution < -0.4 is 0 Å². The first-order valence-corrected chi connectivity index (χ1v) is 9.90. The van der Waals surface area contributed by atoms with Gasteiger partial charge in [0.25, 0.3) is 5.78 Å². The molecule has 35 heavy (non-hydrogen) atoms. The Hall–Kier alpha value is -3.83. The number of hydrogen-bond donors (Lipinski definition) is 1. The zero-order chi connectivity index (χ0) is 26.1. The maximum Gasteiger partial charge on any atom is 0.416 e. The van der Waals surface area contributed by atoms with Gasteiger partial charge in [0.05, 0.1) is 17.7 Å². The second-order valence-corrected chi connectivity index (χ2v) is 7.31. The van der Waals surface area contributed by atoms with Crippen LogP contribution in [0.2, 0.25) is 0 Å². The fourth-order valence-corrected chi connectivity index (χ4v) is 3.41. The van der Waals surface area contributed by atoms with Crippen LogP contribution in [-0.4, -0.2) is 28.0 Å². The lowest BCUT2D eigenvalue weighted by Crippen LogP contribution is -2.15. The number of esters is 1. The predicted molar refractivity (Wildman–Crippen MR) is 110 cm³/mol. The van der Waals surface area contributed by atoms with Crippen LogP contribution >= 0.6 is 0 Å². The summed E-state index contributed by atoms with van der Waals surface area (Å²) >= 11 is 0. The molecule has 3 aromatic rings. The van der Waals surface area contributed by atoms with Gasteiger partial charge in [-0.1, -0.05) is 6.07 Å². The molecule has 0 amide bonds. The molecule has 186 valence electrons. The smallest absolute Gasteiger partial charge is 0.416 e. The van der Waals surface area contributed by atoms with Crippen LogP contribution in [0, 0.1) is 5.82 Å². The van der Waals surface area contributed by atoms with E-state index in [4.69, 9.17) is 0 Å². The molecule has 2 aromatic carbocycles. The van der Waals surface area contributed by atoms with Gasteiger partial charge in [0, 0.05) is 35.3 Å². The SMILES string of the molecule is CCOC(=O)C(=O)C=C(O)c1cn(Cc2ccc(C(F)(F)F)cc2C(F)(F)F)c2ccc(F)cc12. The minimum absolute atomic E-state index is 0.00299. The summed E-state index contributed by atoms with van der Waals surface area (Å²) in [5.74, 6) is -4.07. The van der Waals surface area contributed by atoms with Gasteiger partial charge in [0.2, 0.25) is 0 Å². The maximum absolute atomic E-state index is 13.9. The van der Waals surface area contributed by atoms with Crippen molar-refractivity contribution in [2.75, 3.05) is 6.61 Å². The minimum atomic E-state index is -5.11. The molecule has 0 aliphatic heterocycles. The highest BCUT2D eigenvalue weighted by Crippen LogP contribution is 2.38. The number of ketones is 1. The molecule has 0 atom stereocenters. The number of alkyl halides is 6. The number of benzene rings is 2. The largest absolute Gasteiger partial charge is 0.507 e. The Balaban J connectivity index is 2.12. The Morgan fingerprint density at radius 3 is 2.31 bits per heavy atom. The van der Waals surface area contributed by atoms with Crippen molar-refractivity contribution < 1.29 is 50.2 Å². The van der Waals surface area contributed by atoms with Gasteiger partial charge in [-0.15, -0.1) is 0 Å². The van der Waals surface area contributed by atoms with Crippen molar-refractivity contribution in [1.82, 2.24) is 4.57 Å². The minimum Gasteiger partial charge on any atom is -0.507 e. The highest BCUT2D eigenvalue weighted by molar-refractivity contribution is 6.39. The maximum atomic E-state index is 13.9. The van der Waals surface area contributed by atoms with Crippen molar-refractivity contribution in [3.63, 3.8) is 0 Å². The number of aromatic nitrogens is 1. The van der Waals surface area contributed by atoms with Crippen molar-refractivity contribution in [2.24, 2.45) is 0 Å². The molecule has 0 fully saturated rings. The van der Waals surface area contributed by atoms with Crippen LogP contribution in [0.3, 0.4) is 0 Å². The first kappa shape index (κ1) is 25.8. The van der Waals surface area contributed by atoms with E-state index in [1.807, 2.05) is 0 Å². The molecular weight excluding hydrogens is 487 g/mol. The van der Waals surface area contributed by atoms with Gasteiger partial charge in [0.15, 0.2) is 0 Å². The normalized spacial score (nSPS) is 12.7. The standard InChI is InChI=1S/C23H16F7NO4/c1-2-35-21(34)20(33)9-19(32)16-11-31(18-6-5-14(24)8-15(16)18)10-12-3-4-13(22(25,26)27)7-17(12)23(28,29)30/h3-9,11,32H,2,10H2,1H3. The zero-order valence-electron chi connectivity index (χ0n) is 17.8. The monoisotopic (exact) mass is 503 g/mol. The Kier molecular flexibility index (Phi) is 6.95. The first-order chi connectivity index (χ1) is 16.2. The average Bonchev–Trinajstić information content (AvgIpc) is 3.10. The number of carbonyl (C=O) groups is 2. The number of aliphatic hydroxyl groups excluding tert-OH is 1. The van der Waals surface area contributed by atoms with Crippen LogP contribution in [0.4, 0.5) is 30.7 Å². The molecule has 0 radical (unpaired) electrons. The van der Waals surface area contributed by atoms with Gasteiger partial charge in [-0.2, -0.15) is 26.3 Å². The highest BCUT2D eigenvalue weighted by atomic mass is 19.4. The number of carbonyl (C=O) groups excluding carboxylic acids is 2. The van der Waals surface area contributed by atoms with Gasteiger partial charge in [-0.3, -0.25) is 4.79 Å². The molecule has 0 saturated heterocycles. The van der Waals surface area contributed by atoms with Crippen molar-refractivity contribution in [3.05, 3.63) is 76.7 Å². The summed E-state index contributed by atoms with van der Waals surface area (Å²) in [6, 6.07) is 4.30. The second kappa shape index (κ2) is 9.43. The summed E-state index contributed by atoms with van der Waals surface area (Å²) in [6.45, 7) is 0.730. The molecule has 0 aliphatic rings. The van der Waals surface area contributed by atoms with E-state index in [9.17, 15) is 45.4 Å². The molecule has 0 saturated carbocycles. The summed E-state index contributed by atoms with van der Waals surface area (Å²) in [7, 11) is 0. The molecule has 1 heterocycles. The molecule has 0 bridgehead atoms. The van der Waals surface area contributed by atoms with Crippen LogP contribution in [-0.2, 0) is 33.2 Å². The molecular formula is C23H16F7NO4. The number of halogens is 7. The first-order valence-electron chi connectivity index (χ1n) is 9.90. The third kappa shape index (κ3) is 5.64. The van der Waals surface area contributed by atoms with Gasteiger partial charge >= 0.3 is 18.3 Å².